The number of aromatic nitrogens is 2. The summed E-state index contributed by atoms with van der Waals surface area (Å²) in [5, 5.41) is 20.7. The Hall–Kier alpha value is -2.08. The highest BCUT2D eigenvalue weighted by atomic mass is 35.5. The molecule has 0 spiro atoms. The Labute approximate surface area is 108 Å². The van der Waals surface area contributed by atoms with Gasteiger partial charge >= 0.3 is 5.69 Å². The third kappa shape index (κ3) is 2.43. The number of nitro benzene ring substituents is 1. The molecule has 0 radical (unpaired) electrons. The molecule has 0 amide bonds. The third-order valence-corrected chi connectivity index (χ3v) is 2.88. The van der Waals surface area contributed by atoms with E-state index < -0.39 is 4.92 Å². The molecule has 0 aliphatic heterocycles. The summed E-state index contributed by atoms with van der Waals surface area (Å²) in [7, 11) is 0. The molecule has 0 saturated carbocycles. The Morgan fingerprint density at radius 2 is 2.33 bits per heavy atom. The molecular formula is C11H11ClN4O2. The zero-order valence-electron chi connectivity index (χ0n) is 9.61. The Bertz CT molecular complexity index is 582. The summed E-state index contributed by atoms with van der Waals surface area (Å²) in [5.41, 5.74) is 2.16. The van der Waals surface area contributed by atoms with Crippen molar-refractivity contribution in [3.63, 3.8) is 0 Å². The van der Waals surface area contributed by atoms with Gasteiger partial charge in [-0.05, 0) is 19.1 Å². The molecule has 18 heavy (non-hydrogen) atoms. The molecule has 7 heteroatoms. The van der Waals surface area contributed by atoms with E-state index in [1.165, 1.54) is 6.07 Å². The fourth-order valence-corrected chi connectivity index (χ4v) is 1.83. The van der Waals surface area contributed by atoms with Gasteiger partial charge < -0.3 is 5.32 Å². The van der Waals surface area contributed by atoms with Crippen LogP contribution in [-0.4, -0.2) is 15.1 Å². The van der Waals surface area contributed by atoms with Crippen LogP contribution in [0.2, 0.25) is 5.02 Å². The van der Waals surface area contributed by atoms with Gasteiger partial charge in [-0.2, -0.15) is 5.10 Å². The highest BCUT2D eigenvalue weighted by Crippen LogP contribution is 2.32. The molecule has 0 atom stereocenters. The summed E-state index contributed by atoms with van der Waals surface area (Å²) in [5.74, 6) is 0. The molecule has 0 fully saturated rings. The number of rotatable bonds is 4. The Kier molecular flexibility index (Phi) is 3.47. The topological polar surface area (TPSA) is 83.8 Å². The minimum Gasteiger partial charge on any atom is -0.375 e. The van der Waals surface area contributed by atoms with Crippen molar-refractivity contribution >= 4 is 23.0 Å². The number of halogens is 1. The first kappa shape index (κ1) is 12.4. The number of anilines is 1. The van der Waals surface area contributed by atoms with Crippen molar-refractivity contribution in [2.24, 2.45) is 0 Å². The zero-order valence-corrected chi connectivity index (χ0v) is 10.4. The van der Waals surface area contributed by atoms with Crippen LogP contribution in [0.5, 0.6) is 0 Å². The van der Waals surface area contributed by atoms with Crippen LogP contribution in [-0.2, 0) is 6.54 Å². The number of aromatic amines is 1. The second-order valence-electron chi connectivity index (χ2n) is 3.77. The number of para-hydroxylation sites is 1. The fourth-order valence-electron chi connectivity index (χ4n) is 1.59. The number of aryl methyl sites for hydroxylation is 1. The lowest BCUT2D eigenvalue weighted by Gasteiger charge is -2.07. The molecule has 6 nitrogen and oxygen atoms in total. The summed E-state index contributed by atoms with van der Waals surface area (Å²) in [6, 6.07) is 4.79. The number of nitro groups is 1. The molecule has 0 bridgehead atoms. The lowest BCUT2D eigenvalue weighted by molar-refractivity contribution is -0.383. The van der Waals surface area contributed by atoms with Crippen LogP contribution < -0.4 is 5.32 Å². The predicted molar refractivity (Wildman–Crippen MR) is 68.8 cm³/mol. The summed E-state index contributed by atoms with van der Waals surface area (Å²) < 4.78 is 0. The molecule has 94 valence electrons. The maximum Gasteiger partial charge on any atom is 0.310 e. The molecule has 2 N–H and O–H groups in total. The van der Waals surface area contributed by atoms with Gasteiger partial charge in [0.05, 0.1) is 11.1 Å². The normalized spacial score (nSPS) is 10.3. The molecule has 1 aromatic heterocycles. The van der Waals surface area contributed by atoms with Gasteiger partial charge in [-0.1, -0.05) is 17.7 Å². The maximum atomic E-state index is 10.9. The van der Waals surface area contributed by atoms with E-state index >= 15 is 0 Å². The smallest absolute Gasteiger partial charge is 0.310 e. The van der Waals surface area contributed by atoms with Crippen LogP contribution in [0, 0.1) is 17.0 Å². The second kappa shape index (κ2) is 5.05. The van der Waals surface area contributed by atoms with E-state index in [0.717, 1.165) is 11.3 Å². The van der Waals surface area contributed by atoms with E-state index in [1.807, 2.05) is 6.92 Å². The Balaban J connectivity index is 2.22. The lowest BCUT2D eigenvalue weighted by Crippen LogP contribution is -2.03. The van der Waals surface area contributed by atoms with Crippen molar-refractivity contribution in [3.8, 4) is 0 Å². The van der Waals surface area contributed by atoms with Crippen molar-refractivity contribution in [1.29, 1.82) is 0 Å². The van der Waals surface area contributed by atoms with Crippen LogP contribution in [0.25, 0.3) is 0 Å². The van der Waals surface area contributed by atoms with E-state index in [0.29, 0.717) is 12.2 Å². The Morgan fingerprint density at radius 3 is 2.94 bits per heavy atom. The number of H-pyrrole nitrogens is 1. The number of nitrogens with zero attached hydrogens (tertiary/aromatic N) is 2. The van der Waals surface area contributed by atoms with Crippen molar-refractivity contribution in [3.05, 3.63) is 50.8 Å². The van der Waals surface area contributed by atoms with E-state index in [2.05, 4.69) is 15.5 Å². The van der Waals surface area contributed by atoms with Gasteiger partial charge in [-0.15, -0.1) is 0 Å². The molecule has 2 rings (SSSR count). The highest BCUT2D eigenvalue weighted by Gasteiger charge is 2.18. The molecule has 1 aromatic carbocycles. The molecule has 0 aliphatic carbocycles. The Morgan fingerprint density at radius 1 is 1.56 bits per heavy atom. The first-order valence-electron chi connectivity index (χ1n) is 5.25. The van der Waals surface area contributed by atoms with Crippen LogP contribution in [0.4, 0.5) is 11.4 Å². The fraction of sp³-hybridized carbons (Fsp3) is 0.182. The van der Waals surface area contributed by atoms with Crippen LogP contribution in [0.1, 0.15) is 11.3 Å². The lowest BCUT2D eigenvalue weighted by atomic mass is 10.2. The van der Waals surface area contributed by atoms with Gasteiger partial charge in [0.15, 0.2) is 0 Å². The SMILES string of the molecule is Cc1[nH]ncc1CNc1cccc(Cl)c1[N+](=O)[O-]. The van der Waals surface area contributed by atoms with E-state index in [4.69, 9.17) is 11.6 Å². The average Bonchev–Trinajstić information content (AvgIpc) is 2.71. The molecule has 0 saturated heterocycles. The van der Waals surface area contributed by atoms with Crippen LogP contribution in [0.15, 0.2) is 24.4 Å². The van der Waals surface area contributed by atoms with Gasteiger partial charge in [-0.25, -0.2) is 0 Å². The van der Waals surface area contributed by atoms with Crippen LogP contribution >= 0.6 is 11.6 Å². The van der Waals surface area contributed by atoms with Crippen LogP contribution in [0.3, 0.4) is 0 Å². The minimum atomic E-state index is -0.493. The summed E-state index contributed by atoms with van der Waals surface area (Å²) in [6.07, 6.45) is 1.68. The van der Waals surface area contributed by atoms with E-state index in [1.54, 1.807) is 18.3 Å². The molecule has 1 heterocycles. The van der Waals surface area contributed by atoms with Crippen molar-refractivity contribution in [1.82, 2.24) is 10.2 Å². The maximum absolute atomic E-state index is 10.9. The van der Waals surface area contributed by atoms with Crippen molar-refractivity contribution in [2.75, 3.05) is 5.32 Å². The van der Waals surface area contributed by atoms with Gasteiger partial charge in [-0.3, -0.25) is 15.2 Å². The summed E-state index contributed by atoms with van der Waals surface area (Å²) in [4.78, 5) is 10.4. The van der Waals surface area contributed by atoms with E-state index in [9.17, 15) is 10.1 Å². The minimum absolute atomic E-state index is 0.111. The second-order valence-corrected chi connectivity index (χ2v) is 4.17. The third-order valence-electron chi connectivity index (χ3n) is 2.57. The molecule has 0 unspecified atom stereocenters. The van der Waals surface area contributed by atoms with Gasteiger partial charge in [0, 0.05) is 17.8 Å². The number of hydrogen-bond donors (Lipinski definition) is 2. The quantitative estimate of drug-likeness (QED) is 0.658. The standard InChI is InChI=1S/C11H11ClN4O2/c1-7-8(6-14-15-7)5-13-10-4-2-3-9(12)11(10)16(17)18/h2-4,6,13H,5H2,1H3,(H,14,15). The van der Waals surface area contributed by atoms with Crippen molar-refractivity contribution in [2.45, 2.75) is 13.5 Å². The number of hydrogen-bond acceptors (Lipinski definition) is 4. The molecule has 0 aliphatic rings. The van der Waals surface area contributed by atoms with Gasteiger partial charge in [0.25, 0.3) is 0 Å². The van der Waals surface area contributed by atoms with E-state index in [-0.39, 0.29) is 10.7 Å². The predicted octanol–water partition coefficient (Wildman–Crippen LogP) is 2.89. The average molecular weight is 267 g/mol. The van der Waals surface area contributed by atoms with Gasteiger partial charge in [0.2, 0.25) is 0 Å². The molecule has 2 aromatic rings. The highest BCUT2D eigenvalue weighted by molar-refractivity contribution is 6.33. The number of nitrogens with one attached hydrogen (secondary N) is 2. The first-order chi connectivity index (χ1) is 8.59. The summed E-state index contributed by atoms with van der Waals surface area (Å²) >= 11 is 5.82. The number of benzene rings is 1. The van der Waals surface area contributed by atoms with Crippen molar-refractivity contribution < 1.29 is 4.92 Å². The largest absolute Gasteiger partial charge is 0.375 e. The molecular weight excluding hydrogens is 256 g/mol. The summed E-state index contributed by atoms with van der Waals surface area (Å²) in [6.45, 7) is 2.33. The van der Waals surface area contributed by atoms with Gasteiger partial charge in [0.1, 0.15) is 10.7 Å². The first-order valence-corrected chi connectivity index (χ1v) is 5.63. The zero-order chi connectivity index (χ0) is 13.1. The monoisotopic (exact) mass is 266 g/mol.